The smallest absolute Gasteiger partial charge is 0.322 e. The van der Waals surface area contributed by atoms with Crippen molar-refractivity contribution < 1.29 is 29.1 Å². The van der Waals surface area contributed by atoms with Gasteiger partial charge in [0.25, 0.3) is 0 Å². The number of aromatic amines is 1. The molecule has 14 nitrogen and oxygen atoms in total. The lowest BCUT2D eigenvalue weighted by Crippen LogP contribution is -2.57. The summed E-state index contributed by atoms with van der Waals surface area (Å²) in [6.45, 7) is -0.212. The quantitative estimate of drug-likeness (QED) is 0.122. The summed E-state index contributed by atoms with van der Waals surface area (Å²) in [5.41, 5.74) is 16.9. The van der Waals surface area contributed by atoms with Crippen molar-refractivity contribution in [2.24, 2.45) is 17.2 Å². The second kappa shape index (κ2) is 13.7. The van der Waals surface area contributed by atoms with Gasteiger partial charge < -0.3 is 43.2 Å². The number of nitrogens with two attached hydrogens (primary N) is 3. The summed E-state index contributed by atoms with van der Waals surface area (Å²) in [5.74, 6) is -4.43. The number of aliphatic carboxylic acids is 1. The van der Waals surface area contributed by atoms with E-state index in [-0.39, 0.29) is 6.42 Å². The molecule has 0 aliphatic carbocycles. The standard InChI is InChI=1S/C18H30N8O6/c19-4-2-1-3-11(20)16(30)25-13(6-14(21)27)18(32)26-12(5-10-7-22-9-24-10)17(31)23-8-15(28)29/h7,9,11-13H,1-6,8,19-20H2,(H2,21,27)(H,22,24)(H,23,31)(H,25,30)(H,26,32)(H,28,29). The third kappa shape index (κ3) is 9.99. The Labute approximate surface area is 184 Å². The van der Waals surface area contributed by atoms with Gasteiger partial charge in [0.05, 0.1) is 18.8 Å². The number of primary amides is 1. The first kappa shape index (κ1) is 26.5. The molecule has 1 heterocycles. The van der Waals surface area contributed by atoms with E-state index < -0.39 is 60.7 Å². The van der Waals surface area contributed by atoms with E-state index in [1.165, 1.54) is 12.5 Å². The van der Waals surface area contributed by atoms with Crippen molar-refractivity contribution in [3.63, 3.8) is 0 Å². The molecule has 178 valence electrons. The fourth-order valence-corrected chi connectivity index (χ4v) is 2.71. The fraction of sp³-hybridized carbons (Fsp3) is 0.556. The number of carbonyl (C=O) groups is 5. The number of carboxylic acids is 1. The molecule has 14 heteroatoms. The molecule has 11 N–H and O–H groups in total. The third-order valence-corrected chi connectivity index (χ3v) is 4.37. The number of hydrogen-bond acceptors (Lipinski definition) is 8. The number of rotatable bonds is 15. The molecule has 0 saturated carbocycles. The van der Waals surface area contributed by atoms with Crippen LogP contribution in [-0.2, 0) is 30.4 Å². The van der Waals surface area contributed by atoms with Crippen LogP contribution in [0.3, 0.4) is 0 Å². The summed E-state index contributed by atoms with van der Waals surface area (Å²) in [6, 6.07) is -3.52. The Bertz CT molecular complexity index is 784. The maximum absolute atomic E-state index is 12.8. The summed E-state index contributed by atoms with van der Waals surface area (Å²) in [5, 5.41) is 15.7. The Morgan fingerprint density at radius 1 is 1.06 bits per heavy atom. The summed E-state index contributed by atoms with van der Waals surface area (Å²) in [7, 11) is 0. The van der Waals surface area contributed by atoms with E-state index in [4.69, 9.17) is 22.3 Å². The molecule has 0 fully saturated rings. The van der Waals surface area contributed by atoms with Gasteiger partial charge in [-0.25, -0.2) is 4.98 Å². The van der Waals surface area contributed by atoms with Crippen LogP contribution in [0.25, 0.3) is 0 Å². The number of nitrogens with zero attached hydrogens (tertiary/aromatic N) is 1. The van der Waals surface area contributed by atoms with Gasteiger partial charge in [0.2, 0.25) is 23.6 Å². The largest absolute Gasteiger partial charge is 0.480 e. The van der Waals surface area contributed by atoms with Gasteiger partial charge in [-0.15, -0.1) is 0 Å². The SMILES string of the molecule is NCCCCC(N)C(=O)NC(CC(N)=O)C(=O)NC(Cc1cnc[nH]1)C(=O)NCC(=O)O. The Morgan fingerprint density at radius 2 is 1.75 bits per heavy atom. The zero-order chi connectivity index (χ0) is 24.1. The number of carbonyl (C=O) groups excluding carboxylic acids is 4. The van der Waals surface area contributed by atoms with Gasteiger partial charge >= 0.3 is 5.97 Å². The first-order valence-electron chi connectivity index (χ1n) is 9.95. The Kier molecular flexibility index (Phi) is 11.4. The van der Waals surface area contributed by atoms with E-state index >= 15 is 0 Å². The number of carboxylic acid groups (broad SMARTS) is 1. The van der Waals surface area contributed by atoms with Crippen LogP contribution in [-0.4, -0.2) is 75.9 Å². The summed E-state index contributed by atoms with van der Waals surface area (Å²) in [4.78, 5) is 66.2. The van der Waals surface area contributed by atoms with E-state index in [9.17, 15) is 24.0 Å². The van der Waals surface area contributed by atoms with E-state index in [2.05, 4.69) is 25.9 Å². The second-order valence-corrected chi connectivity index (χ2v) is 7.08. The molecule has 0 aliphatic rings. The number of nitrogens with one attached hydrogen (secondary N) is 4. The predicted molar refractivity (Wildman–Crippen MR) is 111 cm³/mol. The third-order valence-electron chi connectivity index (χ3n) is 4.37. The van der Waals surface area contributed by atoms with E-state index in [1.54, 1.807) is 0 Å². The highest BCUT2D eigenvalue weighted by atomic mass is 16.4. The summed E-state index contributed by atoms with van der Waals surface area (Å²) in [6.07, 6.45) is 3.82. The van der Waals surface area contributed by atoms with Crippen molar-refractivity contribution in [2.75, 3.05) is 13.1 Å². The average Bonchev–Trinajstić information content (AvgIpc) is 3.23. The molecule has 1 rings (SSSR count). The predicted octanol–water partition coefficient (Wildman–Crippen LogP) is -3.55. The lowest BCUT2D eigenvalue weighted by atomic mass is 10.1. The van der Waals surface area contributed by atoms with Gasteiger partial charge in [-0.3, -0.25) is 24.0 Å². The van der Waals surface area contributed by atoms with Crippen LogP contribution in [0.5, 0.6) is 0 Å². The normalized spacial score (nSPS) is 13.4. The van der Waals surface area contributed by atoms with Crippen LogP contribution in [0.4, 0.5) is 0 Å². The molecular formula is C18H30N8O6. The highest BCUT2D eigenvalue weighted by Crippen LogP contribution is 2.03. The lowest BCUT2D eigenvalue weighted by molar-refractivity contribution is -0.138. The summed E-state index contributed by atoms with van der Waals surface area (Å²) < 4.78 is 0. The molecule has 1 aromatic rings. The highest BCUT2D eigenvalue weighted by molar-refractivity contribution is 5.95. The number of amides is 4. The molecule has 3 unspecified atom stereocenters. The van der Waals surface area contributed by atoms with Crippen LogP contribution in [0.2, 0.25) is 0 Å². The Hall–Kier alpha value is -3.52. The zero-order valence-corrected chi connectivity index (χ0v) is 17.5. The molecule has 0 radical (unpaired) electrons. The van der Waals surface area contributed by atoms with Gasteiger partial charge in [0.1, 0.15) is 18.6 Å². The first-order valence-corrected chi connectivity index (χ1v) is 9.95. The van der Waals surface area contributed by atoms with Crippen LogP contribution < -0.4 is 33.2 Å². The van der Waals surface area contributed by atoms with E-state index in [0.717, 1.165) is 0 Å². The van der Waals surface area contributed by atoms with Gasteiger partial charge in [0.15, 0.2) is 0 Å². The number of imidazole rings is 1. The van der Waals surface area contributed by atoms with Gasteiger partial charge in [-0.2, -0.15) is 0 Å². The lowest BCUT2D eigenvalue weighted by Gasteiger charge is -2.23. The van der Waals surface area contributed by atoms with Crippen LogP contribution in [0.15, 0.2) is 12.5 Å². The van der Waals surface area contributed by atoms with Crippen LogP contribution in [0, 0.1) is 0 Å². The molecular weight excluding hydrogens is 424 g/mol. The first-order chi connectivity index (χ1) is 15.1. The van der Waals surface area contributed by atoms with Gasteiger partial charge in [-0.1, -0.05) is 6.42 Å². The highest BCUT2D eigenvalue weighted by Gasteiger charge is 2.29. The fourth-order valence-electron chi connectivity index (χ4n) is 2.71. The number of aromatic nitrogens is 2. The Balaban J connectivity index is 2.88. The van der Waals surface area contributed by atoms with Crippen LogP contribution >= 0.6 is 0 Å². The molecule has 32 heavy (non-hydrogen) atoms. The molecule has 0 aliphatic heterocycles. The topological polar surface area (TPSA) is 248 Å². The van der Waals surface area contributed by atoms with Crippen molar-refractivity contribution >= 4 is 29.6 Å². The van der Waals surface area contributed by atoms with E-state index in [1.807, 2.05) is 0 Å². The zero-order valence-electron chi connectivity index (χ0n) is 17.5. The summed E-state index contributed by atoms with van der Waals surface area (Å²) >= 11 is 0. The number of unbranched alkanes of at least 4 members (excludes halogenated alkanes) is 1. The van der Waals surface area contributed by atoms with Gasteiger partial charge in [0, 0.05) is 18.3 Å². The van der Waals surface area contributed by atoms with Crippen LogP contribution in [0.1, 0.15) is 31.4 Å². The van der Waals surface area contributed by atoms with E-state index in [0.29, 0.717) is 31.5 Å². The average molecular weight is 454 g/mol. The molecule has 0 aromatic carbocycles. The minimum Gasteiger partial charge on any atom is -0.480 e. The van der Waals surface area contributed by atoms with Crippen molar-refractivity contribution in [3.8, 4) is 0 Å². The van der Waals surface area contributed by atoms with Crippen molar-refractivity contribution in [1.29, 1.82) is 0 Å². The molecule has 3 atom stereocenters. The minimum absolute atomic E-state index is 0.0486. The molecule has 0 bridgehead atoms. The monoisotopic (exact) mass is 454 g/mol. The second-order valence-electron chi connectivity index (χ2n) is 7.08. The Morgan fingerprint density at radius 3 is 2.31 bits per heavy atom. The van der Waals surface area contributed by atoms with Crippen molar-refractivity contribution in [2.45, 2.75) is 50.2 Å². The maximum atomic E-state index is 12.8. The van der Waals surface area contributed by atoms with Gasteiger partial charge in [-0.05, 0) is 19.4 Å². The number of H-pyrrole nitrogens is 1. The molecule has 4 amide bonds. The molecule has 1 aromatic heterocycles. The molecule has 0 saturated heterocycles. The molecule has 0 spiro atoms. The number of hydrogen-bond donors (Lipinski definition) is 8. The van der Waals surface area contributed by atoms with Crippen molar-refractivity contribution in [1.82, 2.24) is 25.9 Å². The maximum Gasteiger partial charge on any atom is 0.322 e. The van der Waals surface area contributed by atoms with Crippen molar-refractivity contribution in [3.05, 3.63) is 18.2 Å². The minimum atomic E-state index is -1.38.